The van der Waals surface area contributed by atoms with Crippen LogP contribution in [-0.4, -0.2) is 27.4 Å². The largest absolute Gasteiger partial charge is 0.497 e. The van der Waals surface area contributed by atoms with E-state index in [4.69, 9.17) is 18.9 Å². The summed E-state index contributed by atoms with van der Waals surface area (Å²) in [6.45, 7) is 1.25. The Morgan fingerprint density at radius 1 is 0.567 bits per heavy atom. The van der Waals surface area contributed by atoms with Gasteiger partial charge in [-0.2, -0.15) is 0 Å². The molecule has 1 aliphatic heterocycles. The summed E-state index contributed by atoms with van der Waals surface area (Å²) in [5.74, 6) is 3.38. The number of aryl methyl sites for hydroxylation is 4. The van der Waals surface area contributed by atoms with E-state index in [1.807, 2.05) is 12.1 Å². The number of fused-ring (bicyclic) bond motifs is 1. The minimum Gasteiger partial charge on any atom is -0.497 e. The molecule has 3 aromatic rings. The number of hydrogen-bond acceptors (Lipinski definition) is 4. The number of ether oxygens (including phenoxy) is 4. The van der Waals surface area contributed by atoms with Gasteiger partial charge in [-0.15, -0.1) is 0 Å². The summed E-state index contributed by atoms with van der Waals surface area (Å²) in [5, 5.41) is 0. The molecule has 0 spiro atoms. The molecule has 4 nitrogen and oxygen atoms in total. The molecule has 0 saturated heterocycles. The third-order valence-electron chi connectivity index (χ3n) is 5.45. The van der Waals surface area contributed by atoms with Gasteiger partial charge in [0.2, 0.25) is 0 Å². The molecule has 0 aliphatic carbocycles. The van der Waals surface area contributed by atoms with E-state index in [0.717, 1.165) is 48.7 Å². The van der Waals surface area contributed by atoms with Gasteiger partial charge in [-0.05, 0) is 72.2 Å². The van der Waals surface area contributed by atoms with E-state index in [-0.39, 0.29) is 0 Å². The zero-order chi connectivity index (χ0) is 20.8. The van der Waals surface area contributed by atoms with Crippen LogP contribution < -0.4 is 18.9 Å². The van der Waals surface area contributed by atoms with Crippen molar-refractivity contribution in [3.63, 3.8) is 0 Å². The molecule has 30 heavy (non-hydrogen) atoms. The lowest BCUT2D eigenvalue weighted by atomic mass is 10.00. The first-order valence-corrected chi connectivity index (χ1v) is 10.4. The molecule has 3 aromatic carbocycles. The molecule has 4 rings (SSSR count). The molecule has 0 atom stereocenters. The standard InChI is InChI=1S/C26H28O4/c1-27-23-15-22(16-24(18-23)28-2)10-8-20-5-3-19(4-6-20)7-9-21-11-12-25-26(17-21)30-14-13-29-25/h3-6,11-12,15-18H,7-10,13-14H2,1-2H3. The Labute approximate surface area is 178 Å². The maximum Gasteiger partial charge on any atom is 0.161 e. The lowest BCUT2D eigenvalue weighted by molar-refractivity contribution is 0.171. The topological polar surface area (TPSA) is 36.9 Å². The molecule has 0 saturated carbocycles. The van der Waals surface area contributed by atoms with Gasteiger partial charge < -0.3 is 18.9 Å². The molecule has 156 valence electrons. The first kappa shape index (κ1) is 20.1. The summed E-state index contributed by atoms with van der Waals surface area (Å²) in [7, 11) is 3.37. The molecule has 1 heterocycles. The molecule has 0 unspecified atom stereocenters. The molecule has 0 N–H and O–H groups in total. The quantitative estimate of drug-likeness (QED) is 0.527. The number of rotatable bonds is 8. The van der Waals surface area contributed by atoms with Gasteiger partial charge in [-0.1, -0.05) is 30.3 Å². The average molecular weight is 405 g/mol. The van der Waals surface area contributed by atoms with Crippen molar-refractivity contribution in [2.24, 2.45) is 0 Å². The van der Waals surface area contributed by atoms with Gasteiger partial charge in [0, 0.05) is 6.07 Å². The van der Waals surface area contributed by atoms with Crippen LogP contribution in [0.2, 0.25) is 0 Å². The summed E-state index contributed by atoms with van der Waals surface area (Å²) in [6, 6.07) is 21.2. The molecular weight excluding hydrogens is 376 g/mol. The third-order valence-corrected chi connectivity index (χ3v) is 5.45. The van der Waals surface area contributed by atoms with Crippen molar-refractivity contribution in [1.82, 2.24) is 0 Å². The van der Waals surface area contributed by atoms with Crippen LogP contribution in [0.4, 0.5) is 0 Å². The summed E-state index contributed by atoms with van der Waals surface area (Å²) < 4.78 is 22.0. The number of benzene rings is 3. The summed E-state index contributed by atoms with van der Waals surface area (Å²) in [5.41, 5.74) is 5.17. The maximum atomic E-state index is 5.68. The predicted molar refractivity (Wildman–Crippen MR) is 118 cm³/mol. The van der Waals surface area contributed by atoms with Crippen LogP contribution in [0.15, 0.2) is 60.7 Å². The molecule has 0 fully saturated rings. The molecule has 0 amide bonds. The van der Waals surface area contributed by atoms with Crippen molar-refractivity contribution in [2.75, 3.05) is 27.4 Å². The van der Waals surface area contributed by atoms with Crippen molar-refractivity contribution < 1.29 is 18.9 Å². The Bertz CT molecular complexity index is 957. The van der Waals surface area contributed by atoms with E-state index in [1.165, 1.54) is 22.3 Å². The minimum absolute atomic E-state index is 0.625. The zero-order valence-corrected chi connectivity index (χ0v) is 17.6. The monoisotopic (exact) mass is 404 g/mol. The Hall–Kier alpha value is -3.14. The molecule has 0 aromatic heterocycles. The van der Waals surface area contributed by atoms with Gasteiger partial charge in [-0.25, -0.2) is 0 Å². The number of hydrogen-bond donors (Lipinski definition) is 0. The lowest BCUT2D eigenvalue weighted by Crippen LogP contribution is -2.15. The smallest absolute Gasteiger partial charge is 0.161 e. The van der Waals surface area contributed by atoms with Gasteiger partial charge >= 0.3 is 0 Å². The highest BCUT2D eigenvalue weighted by Gasteiger charge is 2.11. The van der Waals surface area contributed by atoms with E-state index in [2.05, 4.69) is 48.5 Å². The summed E-state index contributed by atoms with van der Waals surface area (Å²) in [4.78, 5) is 0. The van der Waals surface area contributed by atoms with Crippen LogP contribution in [0.25, 0.3) is 0 Å². The number of methoxy groups -OCH3 is 2. The van der Waals surface area contributed by atoms with Crippen molar-refractivity contribution in [3.8, 4) is 23.0 Å². The van der Waals surface area contributed by atoms with Crippen LogP contribution in [0.5, 0.6) is 23.0 Å². The van der Waals surface area contributed by atoms with Crippen molar-refractivity contribution in [1.29, 1.82) is 0 Å². The van der Waals surface area contributed by atoms with E-state index in [1.54, 1.807) is 14.2 Å². The second-order valence-corrected chi connectivity index (χ2v) is 7.52. The van der Waals surface area contributed by atoms with Gasteiger partial charge in [0.1, 0.15) is 24.7 Å². The van der Waals surface area contributed by atoms with E-state index < -0.39 is 0 Å². The van der Waals surface area contributed by atoms with Crippen LogP contribution in [0.3, 0.4) is 0 Å². The highest BCUT2D eigenvalue weighted by atomic mass is 16.6. The molecule has 0 bridgehead atoms. The van der Waals surface area contributed by atoms with Crippen LogP contribution in [0.1, 0.15) is 22.3 Å². The SMILES string of the molecule is COc1cc(CCc2ccc(CCc3ccc4c(c3)OCCO4)cc2)cc(OC)c1. The lowest BCUT2D eigenvalue weighted by Gasteiger charge is -2.18. The first-order chi connectivity index (χ1) is 14.7. The highest BCUT2D eigenvalue weighted by Crippen LogP contribution is 2.31. The fourth-order valence-corrected chi connectivity index (χ4v) is 3.70. The van der Waals surface area contributed by atoms with Crippen LogP contribution >= 0.6 is 0 Å². The molecule has 1 aliphatic rings. The van der Waals surface area contributed by atoms with Crippen molar-refractivity contribution in [3.05, 3.63) is 82.9 Å². The first-order valence-electron chi connectivity index (χ1n) is 10.4. The Kier molecular flexibility index (Phi) is 6.43. The van der Waals surface area contributed by atoms with Crippen LogP contribution in [0, 0.1) is 0 Å². The molecule has 4 heteroatoms. The normalized spacial score (nSPS) is 12.5. The Morgan fingerprint density at radius 3 is 1.67 bits per heavy atom. The molecule has 0 radical (unpaired) electrons. The minimum atomic E-state index is 0.625. The van der Waals surface area contributed by atoms with Gasteiger partial charge in [0.15, 0.2) is 11.5 Å². The third kappa shape index (κ3) is 5.07. The van der Waals surface area contributed by atoms with Crippen molar-refractivity contribution in [2.45, 2.75) is 25.7 Å². The zero-order valence-electron chi connectivity index (χ0n) is 17.6. The second kappa shape index (κ2) is 9.57. The average Bonchev–Trinajstić information content (AvgIpc) is 2.81. The highest BCUT2D eigenvalue weighted by molar-refractivity contribution is 5.44. The van der Waals surface area contributed by atoms with Gasteiger partial charge in [-0.3, -0.25) is 0 Å². The predicted octanol–water partition coefficient (Wildman–Crippen LogP) is 5.05. The maximum absolute atomic E-state index is 5.68. The fourth-order valence-electron chi connectivity index (χ4n) is 3.70. The summed E-state index contributed by atoms with van der Waals surface area (Å²) >= 11 is 0. The Morgan fingerprint density at radius 2 is 1.07 bits per heavy atom. The Balaban J connectivity index is 1.32. The van der Waals surface area contributed by atoms with E-state index >= 15 is 0 Å². The van der Waals surface area contributed by atoms with Gasteiger partial charge in [0.05, 0.1) is 14.2 Å². The van der Waals surface area contributed by atoms with E-state index in [0.29, 0.717) is 13.2 Å². The van der Waals surface area contributed by atoms with Crippen molar-refractivity contribution >= 4 is 0 Å². The van der Waals surface area contributed by atoms with Crippen LogP contribution in [-0.2, 0) is 25.7 Å². The second-order valence-electron chi connectivity index (χ2n) is 7.52. The van der Waals surface area contributed by atoms with E-state index in [9.17, 15) is 0 Å². The summed E-state index contributed by atoms with van der Waals surface area (Å²) in [6.07, 6.45) is 3.93. The fraction of sp³-hybridized carbons (Fsp3) is 0.308. The van der Waals surface area contributed by atoms with Gasteiger partial charge in [0.25, 0.3) is 0 Å². The molecular formula is C26H28O4.